The van der Waals surface area contributed by atoms with Crippen LogP contribution in [0.25, 0.3) is 0 Å². The van der Waals surface area contributed by atoms with E-state index < -0.39 is 5.97 Å². The molecular weight excluding hydrogens is 342 g/mol. The molecular formula is C17H19N3O4S. The van der Waals surface area contributed by atoms with E-state index in [1.807, 2.05) is 30.3 Å². The van der Waals surface area contributed by atoms with Crippen LogP contribution >= 0.6 is 11.3 Å². The summed E-state index contributed by atoms with van der Waals surface area (Å²) in [6, 6.07) is 9.39. The molecule has 0 spiro atoms. The van der Waals surface area contributed by atoms with E-state index in [2.05, 4.69) is 15.6 Å². The number of thiazole rings is 1. The number of carbonyl (C=O) groups excluding carboxylic acids is 2. The molecule has 1 heterocycles. The second-order valence-corrected chi connectivity index (χ2v) is 6.24. The zero-order chi connectivity index (χ0) is 18.1. The molecule has 0 saturated heterocycles. The van der Waals surface area contributed by atoms with Gasteiger partial charge in [-0.3, -0.25) is 9.59 Å². The number of amides is 2. The zero-order valence-corrected chi connectivity index (χ0v) is 14.3. The maximum absolute atomic E-state index is 11.8. The fraction of sp³-hybridized carbons (Fsp3) is 0.294. The van der Waals surface area contributed by atoms with Crippen LogP contribution in [-0.2, 0) is 22.4 Å². The number of nitrogens with one attached hydrogen (secondary N) is 2. The first-order valence-corrected chi connectivity index (χ1v) is 8.67. The standard InChI is InChI=1S/C17H19N3O4S/c21-14(18-9-7-16-20-13(11-25-16)17(23)24)6-8-19-15(22)10-12-4-2-1-3-5-12/h1-5,11H,6-10H2,(H,18,21)(H,19,22)(H,23,24). The van der Waals surface area contributed by atoms with Crippen molar-refractivity contribution in [1.29, 1.82) is 0 Å². The summed E-state index contributed by atoms with van der Waals surface area (Å²) in [5.41, 5.74) is 0.945. The second kappa shape index (κ2) is 9.53. The van der Waals surface area contributed by atoms with Crippen molar-refractivity contribution in [2.75, 3.05) is 13.1 Å². The molecule has 0 fully saturated rings. The van der Waals surface area contributed by atoms with Gasteiger partial charge in [-0.25, -0.2) is 9.78 Å². The molecule has 0 aliphatic carbocycles. The van der Waals surface area contributed by atoms with E-state index in [1.54, 1.807) is 0 Å². The molecule has 132 valence electrons. The van der Waals surface area contributed by atoms with Gasteiger partial charge in [-0.1, -0.05) is 30.3 Å². The molecule has 1 aromatic heterocycles. The molecule has 3 N–H and O–H groups in total. The van der Waals surface area contributed by atoms with Crippen LogP contribution in [0.1, 0.15) is 27.5 Å². The topological polar surface area (TPSA) is 108 Å². The maximum Gasteiger partial charge on any atom is 0.355 e. The summed E-state index contributed by atoms with van der Waals surface area (Å²) in [4.78, 5) is 38.1. The number of carbonyl (C=O) groups is 3. The van der Waals surface area contributed by atoms with Gasteiger partial charge in [0.05, 0.1) is 11.4 Å². The number of aromatic carboxylic acids is 1. The van der Waals surface area contributed by atoms with Crippen molar-refractivity contribution in [3.8, 4) is 0 Å². The minimum Gasteiger partial charge on any atom is -0.476 e. The van der Waals surface area contributed by atoms with Crippen molar-refractivity contribution in [2.45, 2.75) is 19.3 Å². The predicted octanol–water partition coefficient (Wildman–Crippen LogP) is 1.25. The van der Waals surface area contributed by atoms with E-state index in [-0.39, 0.29) is 30.5 Å². The Morgan fingerprint density at radius 1 is 1.04 bits per heavy atom. The Labute approximate surface area is 149 Å². The lowest BCUT2D eigenvalue weighted by molar-refractivity contribution is -0.122. The normalized spacial score (nSPS) is 10.2. The Morgan fingerprint density at radius 3 is 2.44 bits per heavy atom. The molecule has 8 heteroatoms. The first-order valence-electron chi connectivity index (χ1n) is 7.79. The quantitative estimate of drug-likeness (QED) is 0.623. The van der Waals surface area contributed by atoms with Gasteiger partial charge in [0.2, 0.25) is 11.8 Å². The Bertz CT molecular complexity index is 731. The highest BCUT2D eigenvalue weighted by molar-refractivity contribution is 7.09. The van der Waals surface area contributed by atoms with E-state index in [0.717, 1.165) is 5.56 Å². The summed E-state index contributed by atoms with van der Waals surface area (Å²) in [5, 5.41) is 16.4. The van der Waals surface area contributed by atoms with Gasteiger partial charge >= 0.3 is 5.97 Å². The van der Waals surface area contributed by atoms with Gasteiger partial charge in [-0.2, -0.15) is 0 Å². The Balaban J connectivity index is 1.59. The monoisotopic (exact) mass is 361 g/mol. The lowest BCUT2D eigenvalue weighted by Gasteiger charge is -2.06. The van der Waals surface area contributed by atoms with Gasteiger partial charge in [-0.15, -0.1) is 11.3 Å². The predicted molar refractivity (Wildman–Crippen MR) is 93.6 cm³/mol. The highest BCUT2D eigenvalue weighted by atomic mass is 32.1. The molecule has 0 bridgehead atoms. The van der Waals surface area contributed by atoms with Crippen LogP contribution < -0.4 is 10.6 Å². The first-order chi connectivity index (χ1) is 12.0. The molecule has 0 aliphatic rings. The fourth-order valence-electron chi connectivity index (χ4n) is 2.08. The number of hydrogen-bond acceptors (Lipinski definition) is 5. The summed E-state index contributed by atoms with van der Waals surface area (Å²) >= 11 is 1.25. The van der Waals surface area contributed by atoms with Crippen LogP contribution in [0.4, 0.5) is 0 Å². The van der Waals surface area contributed by atoms with Crippen LogP contribution in [0.5, 0.6) is 0 Å². The summed E-state index contributed by atoms with van der Waals surface area (Å²) < 4.78 is 0. The molecule has 25 heavy (non-hydrogen) atoms. The third-order valence-corrected chi connectivity index (χ3v) is 4.22. The molecule has 1 aromatic carbocycles. The van der Waals surface area contributed by atoms with Crippen LogP contribution in [0, 0.1) is 0 Å². The average molecular weight is 361 g/mol. The van der Waals surface area contributed by atoms with Crippen LogP contribution in [-0.4, -0.2) is 41.0 Å². The van der Waals surface area contributed by atoms with E-state index in [1.165, 1.54) is 16.7 Å². The lowest BCUT2D eigenvalue weighted by Crippen LogP contribution is -2.32. The van der Waals surface area contributed by atoms with Gasteiger partial charge in [0.15, 0.2) is 5.69 Å². The van der Waals surface area contributed by atoms with E-state index in [4.69, 9.17) is 5.11 Å². The van der Waals surface area contributed by atoms with Crippen molar-refractivity contribution in [1.82, 2.24) is 15.6 Å². The number of carboxylic acids is 1. The lowest BCUT2D eigenvalue weighted by atomic mass is 10.1. The third-order valence-electron chi connectivity index (χ3n) is 3.31. The van der Waals surface area contributed by atoms with Crippen LogP contribution in [0.2, 0.25) is 0 Å². The average Bonchev–Trinajstić information content (AvgIpc) is 3.05. The molecule has 2 amide bonds. The summed E-state index contributed by atoms with van der Waals surface area (Å²) in [6.07, 6.45) is 0.960. The fourth-order valence-corrected chi connectivity index (χ4v) is 2.85. The van der Waals surface area contributed by atoms with Crippen molar-refractivity contribution in [2.24, 2.45) is 0 Å². The van der Waals surface area contributed by atoms with Gasteiger partial charge in [0, 0.05) is 31.3 Å². The maximum atomic E-state index is 11.8. The summed E-state index contributed by atoms with van der Waals surface area (Å²) in [7, 11) is 0. The molecule has 7 nitrogen and oxygen atoms in total. The molecule has 0 radical (unpaired) electrons. The number of aromatic nitrogens is 1. The Morgan fingerprint density at radius 2 is 1.76 bits per heavy atom. The number of rotatable bonds is 9. The summed E-state index contributed by atoms with van der Waals surface area (Å²) in [5.74, 6) is -1.35. The Hall–Kier alpha value is -2.74. The van der Waals surface area contributed by atoms with E-state index in [9.17, 15) is 14.4 Å². The SMILES string of the molecule is O=C(CCNC(=O)Cc1ccccc1)NCCc1nc(C(=O)O)cs1. The summed E-state index contributed by atoms with van der Waals surface area (Å²) in [6.45, 7) is 0.654. The largest absolute Gasteiger partial charge is 0.476 e. The van der Waals surface area contributed by atoms with Crippen molar-refractivity contribution >= 4 is 29.1 Å². The first kappa shape index (κ1) is 18.6. The third kappa shape index (κ3) is 6.72. The molecule has 2 aromatic rings. The van der Waals surface area contributed by atoms with Gasteiger partial charge in [0.25, 0.3) is 0 Å². The minimum absolute atomic E-state index is 0.0208. The highest BCUT2D eigenvalue weighted by Crippen LogP contribution is 2.09. The Kier molecular flexibility index (Phi) is 7.09. The van der Waals surface area contributed by atoms with E-state index in [0.29, 0.717) is 24.4 Å². The van der Waals surface area contributed by atoms with Gasteiger partial charge in [0.1, 0.15) is 0 Å². The van der Waals surface area contributed by atoms with Crippen molar-refractivity contribution < 1.29 is 19.5 Å². The second-order valence-electron chi connectivity index (χ2n) is 5.29. The molecule has 0 saturated carbocycles. The number of hydrogen-bond donors (Lipinski definition) is 3. The van der Waals surface area contributed by atoms with E-state index >= 15 is 0 Å². The molecule has 0 aliphatic heterocycles. The van der Waals surface area contributed by atoms with Crippen molar-refractivity contribution in [3.63, 3.8) is 0 Å². The van der Waals surface area contributed by atoms with Crippen LogP contribution in [0.3, 0.4) is 0 Å². The number of benzene rings is 1. The zero-order valence-electron chi connectivity index (χ0n) is 13.5. The van der Waals surface area contributed by atoms with Gasteiger partial charge < -0.3 is 15.7 Å². The van der Waals surface area contributed by atoms with Gasteiger partial charge in [-0.05, 0) is 5.56 Å². The minimum atomic E-state index is -1.06. The highest BCUT2D eigenvalue weighted by Gasteiger charge is 2.09. The number of carboxylic acid groups (broad SMARTS) is 1. The van der Waals surface area contributed by atoms with Crippen molar-refractivity contribution in [3.05, 3.63) is 52.0 Å². The smallest absolute Gasteiger partial charge is 0.355 e. The molecule has 2 rings (SSSR count). The number of nitrogens with zero attached hydrogens (tertiary/aromatic N) is 1. The van der Waals surface area contributed by atoms with Crippen LogP contribution in [0.15, 0.2) is 35.7 Å². The molecule has 0 atom stereocenters. The molecule has 0 unspecified atom stereocenters.